The van der Waals surface area contributed by atoms with Crippen LogP contribution in [0.4, 0.5) is 0 Å². The average molecular weight is 391 g/mol. The number of likely N-dealkylation sites (N-methyl/N-ethyl adjacent to an activating group) is 1. The molecule has 0 atom stereocenters. The van der Waals surface area contributed by atoms with Crippen molar-refractivity contribution in [2.24, 2.45) is 0 Å². The normalized spacial score (nSPS) is 10.5. The van der Waals surface area contributed by atoms with Gasteiger partial charge in [-0.1, -0.05) is 64.7 Å². The minimum atomic E-state index is -1.00. The van der Waals surface area contributed by atoms with Gasteiger partial charge in [0.05, 0.1) is 27.1 Å². The summed E-state index contributed by atoms with van der Waals surface area (Å²) in [6.45, 7) is 4.70. The molecule has 6 heteroatoms. The fourth-order valence-electron chi connectivity index (χ4n) is 2.30. The fourth-order valence-corrected chi connectivity index (χ4v) is 2.30. The van der Waals surface area contributed by atoms with Gasteiger partial charge in [-0.2, -0.15) is 0 Å². The second-order valence-corrected chi connectivity index (χ2v) is 8.32. The molecule has 0 radical (unpaired) electrons. The van der Waals surface area contributed by atoms with E-state index in [0.29, 0.717) is 4.48 Å². The third kappa shape index (κ3) is 51.6. The summed E-state index contributed by atoms with van der Waals surface area (Å²) in [6, 6.07) is 0. The van der Waals surface area contributed by atoms with Gasteiger partial charge in [0.15, 0.2) is 0 Å². The summed E-state index contributed by atoms with van der Waals surface area (Å²) in [6.07, 6.45) is 14.4. The van der Waals surface area contributed by atoms with Crippen LogP contribution in [0.15, 0.2) is 0 Å². The number of aliphatic carboxylic acids is 2. The van der Waals surface area contributed by atoms with Crippen LogP contribution in [0, 0.1) is 0 Å². The van der Waals surface area contributed by atoms with Crippen LogP contribution in [0.5, 0.6) is 0 Å². The quantitative estimate of drug-likeness (QED) is 0.386. The van der Waals surface area contributed by atoms with Gasteiger partial charge in [-0.15, -0.1) is 0 Å². The molecule has 164 valence electrons. The number of carbonyl (C=O) groups excluding carboxylic acids is 1. The molecule has 0 spiro atoms. The lowest BCUT2D eigenvalue weighted by Crippen LogP contribution is -2.45. The minimum Gasteiger partial charge on any atom is -0.544 e. The van der Waals surface area contributed by atoms with Crippen molar-refractivity contribution in [1.82, 2.24) is 4.90 Å². The lowest BCUT2D eigenvalue weighted by molar-refractivity contribution is -0.864. The van der Waals surface area contributed by atoms with Gasteiger partial charge in [0.1, 0.15) is 6.54 Å². The predicted molar refractivity (Wildman–Crippen MR) is 112 cm³/mol. The topological polar surface area (TPSA) is 80.7 Å². The number of hydrogen-bond donors (Lipinski definition) is 1. The average Bonchev–Trinajstić information content (AvgIpc) is 2.46. The Hall–Kier alpha value is -1.14. The molecule has 0 aromatic rings. The predicted octanol–water partition coefficient (Wildman–Crippen LogP) is 3.00. The smallest absolute Gasteiger partial charge is 0.300 e. The van der Waals surface area contributed by atoms with E-state index < -0.39 is 11.9 Å². The molecule has 0 saturated carbocycles. The molecule has 0 heterocycles. The Kier molecular flexibility index (Phi) is 24.0. The van der Waals surface area contributed by atoms with E-state index in [9.17, 15) is 9.90 Å². The largest absolute Gasteiger partial charge is 0.544 e. The standard InChI is InChI=1S/C14H31N.C5H11NO2.C2H4O2/c1-4-5-6-7-8-9-10-11-12-13-14-15(2)3;1-6(2,3)4-5(7)8;1-2(3)4/h4-14H2,1-3H3;4H2,1-3H3;1H3,(H,3,4). The molecule has 6 nitrogen and oxygen atoms in total. The van der Waals surface area contributed by atoms with E-state index in [4.69, 9.17) is 9.90 Å². The maximum absolute atomic E-state index is 9.89. The van der Waals surface area contributed by atoms with Crippen molar-refractivity contribution in [2.45, 2.75) is 78.1 Å². The van der Waals surface area contributed by atoms with E-state index in [1.165, 1.54) is 70.8 Å². The fraction of sp³-hybridized carbons (Fsp3) is 0.905. The van der Waals surface area contributed by atoms with E-state index >= 15 is 0 Å². The molecule has 0 rings (SSSR count). The van der Waals surface area contributed by atoms with Crippen LogP contribution in [-0.4, -0.2) is 74.8 Å². The van der Waals surface area contributed by atoms with Crippen molar-refractivity contribution < 1.29 is 24.3 Å². The molecule has 0 amide bonds. The maximum Gasteiger partial charge on any atom is 0.300 e. The lowest BCUT2D eigenvalue weighted by Gasteiger charge is -2.23. The molecule has 0 aromatic carbocycles. The van der Waals surface area contributed by atoms with Crippen molar-refractivity contribution in [3.63, 3.8) is 0 Å². The zero-order valence-corrected chi connectivity index (χ0v) is 19.1. The van der Waals surface area contributed by atoms with Gasteiger partial charge in [-0.3, -0.25) is 4.79 Å². The first-order valence-corrected chi connectivity index (χ1v) is 10.3. The number of hydrogen-bond acceptors (Lipinski definition) is 4. The number of nitrogens with zero attached hydrogens (tertiary/aromatic N) is 2. The Balaban J connectivity index is -0.000000400. The molecule has 0 bridgehead atoms. The van der Waals surface area contributed by atoms with Crippen molar-refractivity contribution in [3.8, 4) is 0 Å². The molecule has 1 N–H and O–H groups in total. The van der Waals surface area contributed by atoms with Gasteiger partial charge >= 0.3 is 0 Å². The summed E-state index contributed by atoms with van der Waals surface area (Å²) >= 11 is 0. The first-order chi connectivity index (χ1) is 12.4. The van der Waals surface area contributed by atoms with E-state index in [1.807, 2.05) is 0 Å². The van der Waals surface area contributed by atoms with Gasteiger partial charge in [0.25, 0.3) is 5.97 Å². The summed E-state index contributed by atoms with van der Waals surface area (Å²) in [4.78, 5) is 21.2. The molecule has 0 aromatic heterocycles. The summed E-state index contributed by atoms with van der Waals surface area (Å²) in [5, 5.41) is 17.3. The van der Waals surface area contributed by atoms with Crippen LogP contribution in [0.1, 0.15) is 78.1 Å². The number of unbranched alkanes of at least 4 members (excludes halogenated alkanes) is 9. The van der Waals surface area contributed by atoms with E-state index in [2.05, 4.69) is 25.9 Å². The first-order valence-electron chi connectivity index (χ1n) is 10.3. The molecular weight excluding hydrogens is 344 g/mol. The summed E-state index contributed by atoms with van der Waals surface area (Å²) in [5.74, 6) is -1.84. The van der Waals surface area contributed by atoms with E-state index in [0.717, 1.165) is 6.92 Å². The molecule has 27 heavy (non-hydrogen) atoms. The molecule has 0 aliphatic rings. The van der Waals surface area contributed by atoms with Crippen molar-refractivity contribution in [1.29, 1.82) is 0 Å². The van der Waals surface area contributed by atoms with Crippen LogP contribution in [0.25, 0.3) is 0 Å². The zero-order chi connectivity index (χ0) is 21.7. The van der Waals surface area contributed by atoms with Crippen LogP contribution < -0.4 is 5.11 Å². The van der Waals surface area contributed by atoms with E-state index in [-0.39, 0.29) is 6.54 Å². The number of carboxylic acids is 2. The van der Waals surface area contributed by atoms with Crippen LogP contribution in [0.3, 0.4) is 0 Å². The van der Waals surface area contributed by atoms with Crippen molar-refractivity contribution in [3.05, 3.63) is 0 Å². The molecule has 0 saturated heterocycles. The highest BCUT2D eigenvalue weighted by atomic mass is 16.4. The summed E-state index contributed by atoms with van der Waals surface area (Å²) in [7, 11) is 9.73. The Morgan fingerprint density at radius 1 is 0.852 bits per heavy atom. The van der Waals surface area contributed by atoms with Gasteiger partial charge in [0, 0.05) is 6.92 Å². The monoisotopic (exact) mass is 390 g/mol. The Morgan fingerprint density at radius 2 is 1.19 bits per heavy atom. The zero-order valence-electron chi connectivity index (χ0n) is 19.1. The SMILES string of the molecule is CC(=O)O.CCCCCCCCCCCCN(C)C.C[N+](C)(C)CC(=O)[O-]. The highest BCUT2D eigenvalue weighted by Gasteiger charge is 2.04. The Bertz CT molecular complexity index is 336. The second-order valence-electron chi connectivity index (χ2n) is 8.32. The van der Waals surface area contributed by atoms with Crippen LogP contribution >= 0.6 is 0 Å². The van der Waals surface area contributed by atoms with Gasteiger partial charge < -0.3 is 24.4 Å². The third-order valence-corrected chi connectivity index (χ3v) is 3.56. The minimum absolute atomic E-state index is 0.0694. The highest BCUT2D eigenvalue weighted by molar-refractivity contribution is 5.65. The van der Waals surface area contributed by atoms with Crippen molar-refractivity contribution >= 4 is 11.9 Å². The first kappa shape index (κ1) is 30.6. The van der Waals surface area contributed by atoms with Crippen LogP contribution in [-0.2, 0) is 9.59 Å². The number of rotatable bonds is 13. The number of carboxylic acid groups (broad SMARTS) is 2. The summed E-state index contributed by atoms with van der Waals surface area (Å²) in [5.41, 5.74) is 0. The van der Waals surface area contributed by atoms with Gasteiger partial charge in [-0.25, -0.2) is 0 Å². The van der Waals surface area contributed by atoms with Gasteiger partial charge in [0.2, 0.25) is 0 Å². The maximum atomic E-state index is 9.89. The Morgan fingerprint density at radius 3 is 1.41 bits per heavy atom. The lowest BCUT2D eigenvalue weighted by atomic mass is 10.1. The molecule has 0 unspecified atom stereocenters. The van der Waals surface area contributed by atoms with E-state index in [1.54, 1.807) is 21.1 Å². The molecule has 0 aliphatic heterocycles. The highest BCUT2D eigenvalue weighted by Crippen LogP contribution is 2.10. The third-order valence-electron chi connectivity index (χ3n) is 3.56. The second kappa shape index (κ2) is 21.2. The number of quaternary nitrogens is 1. The molecular formula is C21H46N2O4. The Labute approximate surface area is 168 Å². The molecule has 0 fully saturated rings. The number of carbonyl (C=O) groups is 2. The van der Waals surface area contributed by atoms with Gasteiger partial charge in [-0.05, 0) is 27.1 Å². The molecule has 0 aliphatic carbocycles. The van der Waals surface area contributed by atoms with Crippen LogP contribution in [0.2, 0.25) is 0 Å². The summed E-state index contributed by atoms with van der Waals surface area (Å²) < 4.78 is 0.419. The van der Waals surface area contributed by atoms with Crippen molar-refractivity contribution in [2.75, 3.05) is 48.3 Å².